The Kier molecular flexibility index (Phi) is 6.00. The van der Waals surface area contributed by atoms with Crippen LogP contribution in [0.1, 0.15) is 25.6 Å². The minimum Gasteiger partial charge on any atom is -0.350 e. The zero-order valence-corrected chi connectivity index (χ0v) is 15.2. The van der Waals surface area contributed by atoms with Crippen LogP contribution >= 0.6 is 11.3 Å². The average molecular weight is 368 g/mol. The van der Waals surface area contributed by atoms with Crippen molar-refractivity contribution in [2.24, 2.45) is 0 Å². The molecule has 2 amide bonds. The molecule has 1 N–H and O–H groups in total. The van der Waals surface area contributed by atoms with Gasteiger partial charge in [0.05, 0.1) is 16.5 Å². The largest absolute Gasteiger partial charge is 0.350 e. The first-order valence-electron chi connectivity index (χ1n) is 8.51. The van der Waals surface area contributed by atoms with Gasteiger partial charge in [0.15, 0.2) is 0 Å². The van der Waals surface area contributed by atoms with Crippen molar-refractivity contribution >= 4 is 23.2 Å². The maximum atomic E-state index is 12.6. The van der Waals surface area contributed by atoms with E-state index in [1.54, 1.807) is 24.3 Å². The number of amides is 2. The van der Waals surface area contributed by atoms with Gasteiger partial charge >= 0.3 is 0 Å². The monoisotopic (exact) mass is 368 g/mol. The van der Waals surface area contributed by atoms with E-state index in [1.165, 1.54) is 11.3 Å². The number of nitrogens with one attached hydrogen (secondary N) is 1. The number of hydrogen-bond acceptors (Lipinski definition) is 5. The normalized spacial score (nSPS) is 14.7. The van der Waals surface area contributed by atoms with Gasteiger partial charge in [-0.15, -0.1) is 11.3 Å². The van der Waals surface area contributed by atoms with E-state index in [9.17, 15) is 9.59 Å². The zero-order valence-electron chi connectivity index (χ0n) is 14.4. The molecule has 1 aromatic carbocycles. The SMILES string of the molecule is N#Cc1cccc(C(=O)N2CCN(CCNC(=O)c3cccs3)CC2)c1. The molecule has 1 saturated heterocycles. The van der Waals surface area contributed by atoms with E-state index >= 15 is 0 Å². The van der Waals surface area contributed by atoms with E-state index in [0.29, 0.717) is 30.8 Å². The summed E-state index contributed by atoms with van der Waals surface area (Å²) in [6.07, 6.45) is 0. The minimum absolute atomic E-state index is 0.0345. The van der Waals surface area contributed by atoms with Gasteiger partial charge in [0.2, 0.25) is 0 Å². The minimum atomic E-state index is -0.0359. The number of hydrogen-bond donors (Lipinski definition) is 1. The highest BCUT2D eigenvalue weighted by molar-refractivity contribution is 7.12. The molecule has 0 unspecified atom stereocenters. The molecule has 0 bridgehead atoms. The number of piperazine rings is 1. The highest BCUT2D eigenvalue weighted by Crippen LogP contribution is 2.11. The number of nitriles is 1. The molecule has 0 saturated carbocycles. The first-order chi connectivity index (χ1) is 12.7. The molecule has 3 rings (SSSR count). The lowest BCUT2D eigenvalue weighted by Gasteiger charge is -2.34. The highest BCUT2D eigenvalue weighted by atomic mass is 32.1. The van der Waals surface area contributed by atoms with Gasteiger partial charge in [-0.25, -0.2) is 0 Å². The van der Waals surface area contributed by atoms with Gasteiger partial charge in [-0.3, -0.25) is 14.5 Å². The van der Waals surface area contributed by atoms with Crippen LogP contribution in [0.3, 0.4) is 0 Å². The highest BCUT2D eigenvalue weighted by Gasteiger charge is 2.22. The van der Waals surface area contributed by atoms with Crippen LogP contribution in [0, 0.1) is 11.3 Å². The molecule has 134 valence electrons. The van der Waals surface area contributed by atoms with E-state index in [4.69, 9.17) is 5.26 Å². The lowest BCUT2D eigenvalue weighted by Crippen LogP contribution is -2.50. The summed E-state index contributed by atoms with van der Waals surface area (Å²) in [4.78, 5) is 29.2. The van der Waals surface area contributed by atoms with E-state index < -0.39 is 0 Å². The van der Waals surface area contributed by atoms with Crippen LogP contribution in [-0.2, 0) is 0 Å². The van der Waals surface area contributed by atoms with E-state index in [1.807, 2.05) is 22.4 Å². The summed E-state index contributed by atoms with van der Waals surface area (Å²) in [5.74, 6) is -0.0704. The number of nitrogens with zero attached hydrogens (tertiary/aromatic N) is 3. The van der Waals surface area contributed by atoms with Crippen LogP contribution < -0.4 is 5.32 Å². The molecule has 0 atom stereocenters. The van der Waals surface area contributed by atoms with Crippen LogP contribution in [0.5, 0.6) is 0 Å². The van der Waals surface area contributed by atoms with Crippen molar-refractivity contribution < 1.29 is 9.59 Å². The number of thiophene rings is 1. The average Bonchev–Trinajstić information content (AvgIpc) is 3.23. The van der Waals surface area contributed by atoms with Crippen molar-refractivity contribution in [3.8, 4) is 6.07 Å². The van der Waals surface area contributed by atoms with Crippen molar-refractivity contribution in [1.29, 1.82) is 5.26 Å². The lowest BCUT2D eigenvalue weighted by molar-refractivity contribution is 0.0638. The molecule has 1 fully saturated rings. The van der Waals surface area contributed by atoms with Crippen molar-refractivity contribution in [3.63, 3.8) is 0 Å². The fraction of sp³-hybridized carbons (Fsp3) is 0.316. The topological polar surface area (TPSA) is 76.4 Å². The molecular weight excluding hydrogens is 348 g/mol. The Labute approximate surface area is 156 Å². The second kappa shape index (κ2) is 8.61. The second-order valence-electron chi connectivity index (χ2n) is 6.06. The van der Waals surface area contributed by atoms with E-state index in [0.717, 1.165) is 24.5 Å². The second-order valence-corrected chi connectivity index (χ2v) is 7.01. The van der Waals surface area contributed by atoms with Gasteiger partial charge in [-0.1, -0.05) is 12.1 Å². The zero-order chi connectivity index (χ0) is 18.4. The maximum absolute atomic E-state index is 12.6. The summed E-state index contributed by atoms with van der Waals surface area (Å²) in [7, 11) is 0. The molecule has 1 aromatic heterocycles. The molecule has 1 aliphatic heterocycles. The first kappa shape index (κ1) is 18.1. The Bertz CT molecular complexity index is 805. The molecule has 2 aromatic rings. The fourth-order valence-electron chi connectivity index (χ4n) is 2.90. The van der Waals surface area contributed by atoms with Gasteiger partial charge < -0.3 is 10.2 Å². The quantitative estimate of drug-likeness (QED) is 0.873. The number of carbonyl (C=O) groups is 2. The Morgan fingerprint density at radius 2 is 1.96 bits per heavy atom. The molecule has 26 heavy (non-hydrogen) atoms. The summed E-state index contributed by atoms with van der Waals surface area (Å²) < 4.78 is 0. The van der Waals surface area contributed by atoms with Gasteiger partial charge in [0.25, 0.3) is 11.8 Å². The third kappa shape index (κ3) is 4.48. The van der Waals surface area contributed by atoms with Crippen molar-refractivity contribution in [1.82, 2.24) is 15.1 Å². The van der Waals surface area contributed by atoms with Crippen LogP contribution in [0.15, 0.2) is 41.8 Å². The molecule has 0 radical (unpaired) electrons. The van der Waals surface area contributed by atoms with E-state index in [2.05, 4.69) is 16.3 Å². The van der Waals surface area contributed by atoms with Crippen molar-refractivity contribution in [3.05, 3.63) is 57.8 Å². The Morgan fingerprint density at radius 1 is 1.15 bits per heavy atom. The van der Waals surface area contributed by atoms with Gasteiger partial charge in [-0.2, -0.15) is 5.26 Å². The van der Waals surface area contributed by atoms with Crippen LogP contribution in [0.4, 0.5) is 0 Å². The fourth-order valence-corrected chi connectivity index (χ4v) is 3.54. The summed E-state index contributed by atoms with van der Waals surface area (Å²) in [5, 5.41) is 13.8. The predicted octanol–water partition coefficient (Wildman–Crippen LogP) is 1.81. The Morgan fingerprint density at radius 3 is 2.65 bits per heavy atom. The van der Waals surface area contributed by atoms with Crippen molar-refractivity contribution in [2.45, 2.75) is 0 Å². The van der Waals surface area contributed by atoms with Gasteiger partial charge in [-0.05, 0) is 29.6 Å². The molecule has 0 aliphatic carbocycles. The third-order valence-electron chi connectivity index (χ3n) is 4.36. The molecule has 2 heterocycles. The van der Waals surface area contributed by atoms with E-state index in [-0.39, 0.29) is 11.8 Å². The third-order valence-corrected chi connectivity index (χ3v) is 5.23. The summed E-state index contributed by atoms with van der Waals surface area (Å²) in [6, 6.07) is 12.5. The molecule has 6 nitrogen and oxygen atoms in total. The van der Waals surface area contributed by atoms with Crippen LogP contribution in [-0.4, -0.2) is 60.9 Å². The van der Waals surface area contributed by atoms with Crippen LogP contribution in [0.25, 0.3) is 0 Å². The smallest absolute Gasteiger partial charge is 0.261 e. The predicted molar refractivity (Wildman–Crippen MR) is 100 cm³/mol. The Balaban J connectivity index is 1.43. The van der Waals surface area contributed by atoms with Gasteiger partial charge in [0, 0.05) is 44.8 Å². The van der Waals surface area contributed by atoms with Gasteiger partial charge in [0.1, 0.15) is 0 Å². The van der Waals surface area contributed by atoms with Crippen molar-refractivity contribution in [2.75, 3.05) is 39.3 Å². The number of rotatable bonds is 5. The maximum Gasteiger partial charge on any atom is 0.261 e. The lowest BCUT2D eigenvalue weighted by atomic mass is 10.1. The summed E-state index contributed by atoms with van der Waals surface area (Å²) >= 11 is 1.43. The molecule has 1 aliphatic rings. The molecular formula is C19H20N4O2S. The Hall–Kier alpha value is -2.69. The first-order valence-corrected chi connectivity index (χ1v) is 9.39. The summed E-state index contributed by atoms with van der Waals surface area (Å²) in [6.45, 7) is 4.21. The summed E-state index contributed by atoms with van der Waals surface area (Å²) in [5.41, 5.74) is 1.05. The standard InChI is InChI=1S/C19H20N4O2S/c20-14-15-3-1-4-16(13-15)19(25)23-10-8-22(9-11-23)7-6-21-18(24)17-5-2-12-26-17/h1-5,12-13H,6-11H2,(H,21,24). The number of benzene rings is 1. The molecule has 0 spiro atoms. The number of carbonyl (C=O) groups excluding carboxylic acids is 2. The molecule has 7 heteroatoms. The van der Waals surface area contributed by atoms with Crippen LogP contribution in [0.2, 0.25) is 0 Å².